The predicted octanol–water partition coefficient (Wildman–Crippen LogP) is 3.16. The molecular weight excluding hydrogens is 242 g/mol. The SMILES string of the molecule is CC1CCCC(C(O)Cc2ccsc2)(N(C)C)C1. The summed E-state index contributed by atoms with van der Waals surface area (Å²) in [6, 6.07) is 2.13. The molecule has 0 spiro atoms. The van der Waals surface area contributed by atoms with Gasteiger partial charge in [-0.2, -0.15) is 11.3 Å². The molecule has 0 aromatic carbocycles. The molecule has 1 aliphatic rings. The second-order valence-electron chi connectivity index (χ2n) is 6.05. The van der Waals surface area contributed by atoms with E-state index in [4.69, 9.17) is 0 Å². The predicted molar refractivity (Wildman–Crippen MR) is 78.1 cm³/mol. The lowest BCUT2D eigenvalue weighted by molar-refractivity contribution is -0.0424. The molecule has 0 bridgehead atoms. The molecule has 0 aliphatic heterocycles. The third-order valence-electron chi connectivity index (χ3n) is 4.53. The van der Waals surface area contributed by atoms with Gasteiger partial charge in [-0.05, 0) is 55.2 Å². The van der Waals surface area contributed by atoms with Crippen LogP contribution in [0.5, 0.6) is 0 Å². The van der Waals surface area contributed by atoms with Crippen LogP contribution in [0.15, 0.2) is 16.8 Å². The molecule has 2 rings (SSSR count). The number of nitrogens with zero attached hydrogens (tertiary/aromatic N) is 1. The van der Waals surface area contributed by atoms with E-state index in [1.165, 1.54) is 18.4 Å². The summed E-state index contributed by atoms with van der Waals surface area (Å²) in [5.74, 6) is 0.721. The van der Waals surface area contributed by atoms with Gasteiger partial charge in [0.05, 0.1) is 6.10 Å². The number of hydrogen-bond acceptors (Lipinski definition) is 3. The van der Waals surface area contributed by atoms with Crippen LogP contribution >= 0.6 is 11.3 Å². The lowest BCUT2D eigenvalue weighted by Gasteiger charge is -2.48. The molecule has 1 saturated carbocycles. The highest BCUT2D eigenvalue weighted by Crippen LogP contribution is 2.39. The average molecular weight is 267 g/mol. The summed E-state index contributed by atoms with van der Waals surface area (Å²) in [5.41, 5.74) is 1.24. The highest BCUT2D eigenvalue weighted by atomic mass is 32.1. The van der Waals surface area contributed by atoms with Crippen molar-refractivity contribution in [3.05, 3.63) is 22.4 Å². The van der Waals surface area contributed by atoms with Crippen molar-refractivity contribution in [2.45, 2.75) is 50.7 Å². The largest absolute Gasteiger partial charge is 0.391 e. The van der Waals surface area contributed by atoms with Crippen LogP contribution < -0.4 is 0 Å². The van der Waals surface area contributed by atoms with Gasteiger partial charge >= 0.3 is 0 Å². The molecule has 3 atom stereocenters. The van der Waals surface area contributed by atoms with Crippen molar-refractivity contribution in [1.29, 1.82) is 0 Å². The van der Waals surface area contributed by atoms with E-state index in [2.05, 4.69) is 42.7 Å². The van der Waals surface area contributed by atoms with E-state index in [1.54, 1.807) is 11.3 Å². The molecule has 18 heavy (non-hydrogen) atoms. The standard InChI is InChI=1S/C15H25NOS/c1-12-5-4-7-15(10-12,16(2)3)14(17)9-13-6-8-18-11-13/h6,8,11-12,14,17H,4-5,7,9-10H2,1-3H3. The fourth-order valence-electron chi connectivity index (χ4n) is 3.39. The summed E-state index contributed by atoms with van der Waals surface area (Å²) >= 11 is 1.71. The molecule has 1 N–H and O–H groups in total. The highest BCUT2D eigenvalue weighted by molar-refractivity contribution is 7.07. The van der Waals surface area contributed by atoms with Crippen LogP contribution in [0, 0.1) is 5.92 Å². The van der Waals surface area contributed by atoms with Crippen molar-refractivity contribution in [1.82, 2.24) is 4.90 Å². The normalized spacial score (nSPS) is 30.6. The summed E-state index contributed by atoms with van der Waals surface area (Å²) in [7, 11) is 4.24. The molecule has 1 aromatic heterocycles. The lowest BCUT2D eigenvalue weighted by Crippen LogP contribution is -2.56. The van der Waals surface area contributed by atoms with Gasteiger partial charge in [-0.25, -0.2) is 0 Å². The van der Waals surface area contributed by atoms with E-state index >= 15 is 0 Å². The Morgan fingerprint density at radius 1 is 1.56 bits per heavy atom. The Labute approximate surface area is 115 Å². The molecule has 2 nitrogen and oxygen atoms in total. The Kier molecular flexibility index (Phi) is 4.46. The van der Waals surface area contributed by atoms with Crippen molar-refractivity contribution in [3.8, 4) is 0 Å². The fraction of sp³-hybridized carbons (Fsp3) is 0.733. The number of aliphatic hydroxyl groups excluding tert-OH is 1. The van der Waals surface area contributed by atoms with Gasteiger partial charge in [-0.1, -0.05) is 19.8 Å². The minimum absolute atomic E-state index is 0.0282. The molecule has 102 valence electrons. The molecule has 3 unspecified atom stereocenters. The van der Waals surface area contributed by atoms with Gasteiger partial charge in [-0.3, -0.25) is 0 Å². The van der Waals surface area contributed by atoms with Gasteiger partial charge in [-0.15, -0.1) is 0 Å². The first-order valence-electron chi connectivity index (χ1n) is 6.91. The lowest BCUT2D eigenvalue weighted by atomic mass is 9.71. The number of rotatable bonds is 4. The van der Waals surface area contributed by atoms with Crippen LogP contribution in [0.25, 0.3) is 0 Å². The monoisotopic (exact) mass is 267 g/mol. The van der Waals surface area contributed by atoms with E-state index in [0.717, 1.165) is 25.2 Å². The second-order valence-corrected chi connectivity index (χ2v) is 6.83. The molecule has 0 radical (unpaired) electrons. The van der Waals surface area contributed by atoms with E-state index in [9.17, 15) is 5.11 Å². The van der Waals surface area contributed by atoms with Gasteiger partial charge in [0, 0.05) is 12.0 Å². The quantitative estimate of drug-likeness (QED) is 0.906. The Morgan fingerprint density at radius 3 is 2.89 bits per heavy atom. The Bertz CT molecular complexity index is 363. The first-order valence-corrected chi connectivity index (χ1v) is 7.85. The van der Waals surface area contributed by atoms with Crippen LogP contribution in [0.2, 0.25) is 0 Å². The summed E-state index contributed by atoms with van der Waals surface area (Å²) in [6.45, 7) is 2.31. The van der Waals surface area contributed by atoms with Crippen LogP contribution in [-0.4, -0.2) is 35.7 Å². The molecule has 1 aromatic rings. The number of thiophene rings is 1. The first-order chi connectivity index (χ1) is 8.54. The fourth-order valence-corrected chi connectivity index (χ4v) is 4.07. The highest BCUT2D eigenvalue weighted by Gasteiger charge is 2.42. The Hall–Kier alpha value is -0.380. The Balaban J connectivity index is 2.13. The zero-order valence-electron chi connectivity index (χ0n) is 11.7. The van der Waals surface area contributed by atoms with Crippen LogP contribution in [0.1, 0.15) is 38.2 Å². The topological polar surface area (TPSA) is 23.5 Å². The third-order valence-corrected chi connectivity index (χ3v) is 5.26. The van der Waals surface area contributed by atoms with Crippen molar-refractivity contribution in [2.75, 3.05) is 14.1 Å². The third kappa shape index (κ3) is 2.79. The van der Waals surface area contributed by atoms with Crippen molar-refractivity contribution >= 4 is 11.3 Å². The summed E-state index contributed by atoms with van der Waals surface area (Å²) in [4.78, 5) is 2.26. The van der Waals surface area contributed by atoms with Gasteiger partial charge in [0.1, 0.15) is 0 Å². The molecular formula is C15H25NOS. The summed E-state index contributed by atoms with van der Waals surface area (Å²) in [5, 5.41) is 15.0. The van der Waals surface area contributed by atoms with Crippen molar-refractivity contribution in [3.63, 3.8) is 0 Å². The van der Waals surface area contributed by atoms with E-state index in [1.807, 2.05) is 0 Å². The zero-order chi connectivity index (χ0) is 13.2. The summed E-state index contributed by atoms with van der Waals surface area (Å²) in [6.07, 6.45) is 5.31. The minimum atomic E-state index is -0.259. The molecule has 1 heterocycles. The van der Waals surface area contributed by atoms with Gasteiger partial charge < -0.3 is 10.0 Å². The smallest absolute Gasteiger partial charge is 0.0764 e. The molecule has 0 amide bonds. The maximum atomic E-state index is 10.7. The maximum Gasteiger partial charge on any atom is 0.0764 e. The molecule has 1 fully saturated rings. The van der Waals surface area contributed by atoms with E-state index < -0.39 is 0 Å². The number of hydrogen-bond donors (Lipinski definition) is 1. The van der Waals surface area contributed by atoms with Crippen molar-refractivity contribution in [2.24, 2.45) is 5.92 Å². The second kappa shape index (κ2) is 5.72. The zero-order valence-corrected chi connectivity index (χ0v) is 12.5. The van der Waals surface area contributed by atoms with Crippen LogP contribution in [-0.2, 0) is 6.42 Å². The van der Waals surface area contributed by atoms with E-state index in [-0.39, 0.29) is 11.6 Å². The number of aliphatic hydroxyl groups is 1. The summed E-state index contributed by atoms with van der Waals surface area (Å²) < 4.78 is 0. The molecule has 0 saturated heterocycles. The first kappa shape index (κ1) is 14.0. The molecule has 3 heteroatoms. The average Bonchev–Trinajstić information content (AvgIpc) is 2.81. The van der Waals surface area contributed by atoms with Gasteiger partial charge in [0.25, 0.3) is 0 Å². The van der Waals surface area contributed by atoms with Crippen LogP contribution in [0.4, 0.5) is 0 Å². The van der Waals surface area contributed by atoms with Crippen molar-refractivity contribution < 1.29 is 5.11 Å². The van der Waals surface area contributed by atoms with E-state index in [0.29, 0.717) is 0 Å². The number of likely N-dealkylation sites (N-methyl/N-ethyl adjacent to an activating group) is 1. The minimum Gasteiger partial charge on any atom is -0.391 e. The Morgan fingerprint density at radius 2 is 2.33 bits per heavy atom. The maximum absolute atomic E-state index is 10.7. The van der Waals surface area contributed by atoms with Gasteiger partial charge in [0.2, 0.25) is 0 Å². The van der Waals surface area contributed by atoms with Gasteiger partial charge in [0.15, 0.2) is 0 Å². The van der Waals surface area contributed by atoms with Crippen LogP contribution in [0.3, 0.4) is 0 Å². The molecule has 1 aliphatic carbocycles.